The molecule has 1 amide bonds. The van der Waals surface area contributed by atoms with Crippen LogP contribution in [0.5, 0.6) is 0 Å². The Morgan fingerprint density at radius 3 is 2.73 bits per heavy atom. The maximum atomic E-state index is 14.0. The number of aromatic nitrogens is 5. The van der Waals surface area contributed by atoms with Crippen molar-refractivity contribution in [2.24, 2.45) is 5.41 Å². The fourth-order valence-corrected chi connectivity index (χ4v) is 4.02. The number of pyridine rings is 1. The maximum absolute atomic E-state index is 14.0. The fraction of sp³-hybridized carbons (Fsp3) is 0.455. The third kappa shape index (κ3) is 4.20. The number of amides is 1. The van der Waals surface area contributed by atoms with Gasteiger partial charge in [0, 0.05) is 51.0 Å². The molecule has 172 valence electrons. The van der Waals surface area contributed by atoms with Crippen molar-refractivity contribution in [2.45, 2.75) is 46.5 Å². The maximum Gasteiger partial charge on any atom is 0.303 e. The number of hydrogen-bond donors (Lipinski definition) is 1. The van der Waals surface area contributed by atoms with Crippen LogP contribution in [0.2, 0.25) is 0 Å². The number of nitrogens with one attached hydrogen (secondary N) is 1. The van der Waals surface area contributed by atoms with Gasteiger partial charge in [-0.3, -0.25) is 4.79 Å². The van der Waals surface area contributed by atoms with E-state index in [-0.39, 0.29) is 11.7 Å². The van der Waals surface area contributed by atoms with E-state index in [9.17, 15) is 18.8 Å². The number of hydrogen-bond acceptors (Lipinski definition) is 7. The van der Waals surface area contributed by atoms with Gasteiger partial charge in [-0.25, -0.2) is 19.6 Å². The van der Waals surface area contributed by atoms with E-state index in [1.54, 1.807) is 25.3 Å². The number of carbonyl (C=O) groups excluding carboxylic acids is 1. The van der Waals surface area contributed by atoms with E-state index < -0.39 is 17.2 Å². The highest BCUT2D eigenvalue weighted by atomic mass is 19.3. The van der Waals surface area contributed by atoms with Gasteiger partial charge < -0.3 is 10.2 Å². The van der Waals surface area contributed by atoms with Crippen molar-refractivity contribution in [1.29, 1.82) is 5.26 Å². The molecule has 0 aliphatic carbocycles. The zero-order valence-electron chi connectivity index (χ0n) is 18.9. The predicted octanol–water partition coefficient (Wildman–Crippen LogP) is 3.72. The van der Waals surface area contributed by atoms with E-state index in [2.05, 4.69) is 26.3 Å². The third-order valence-electron chi connectivity index (χ3n) is 5.87. The monoisotopic (exact) mass is 454 g/mol. The van der Waals surface area contributed by atoms with Crippen LogP contribution < -0.4 is 10.2 Å². The molecule has 3 aromatic rings. The molecule has 1 unspecified atom stereocenters. The van der Waals surface area contributed by atoms with Gasteiger partial charge in [0.25, 0.3) is 0 Å². The molecule has 3 aromatic heterocycles. The summed E-state index contributed by atoms with van der Waals surface area (Å²) in [7, 11) is 0. The van der Waals surface area contributed by atoms with Crippen molar-refractivity contribution < 1.29 is 13.6 Å². The van der Waals surface area contributed by atoms with Crippen molar-refractivity contribution in [3.05, 3.63) is 29.8 Å². The minimum absolute atomic E-state index is 0.177. The molecule has 9 nitrogen and oxygen atoms in total. The van der Waals surface area contributed by atoms with Crippen LogP contribution in [0.3, 0.4) is 0 Å². The first kappa shape index (κ1) is 22.5. The Labute approximate surface area is 189 Å². The van der Waals surface area contributed by atoms with Gasteiger partial charge in [-0.05, 0) is 19.8 Å². The standard InChI is InChI=1S/C22H24F2N8O/c1-5-22(11-25)6-7-31(12-22)19-15-10-26-17(28-14(3)33)9-16(15)32(30-19)18-8-13(2)27-20(29-18)21(4,23)24/h8-10H,5-7,12H2,1-4H3,(H,26,28,33). The number of rotatable bonds is 5. The van der Waals surface area contributed by atoms with Crippen molar-refractivity contribution in [3.8, 4) is 11.9 Å². The molecule has 1 aliphatic heterocycles. The Bertz CT molecular complexity index is 1280. The highest BCUT2D eigenvalue weighted by Gasteiger charge is 2.38. The molecule has 0 saturated carbocycles. The zero-order valence-corrected chi connectivity index (χ0v) is 18.9. The number of alkyl halides is 2. The number of anilines is 2. The van der Waals surface area contributed by atoms with E-state index in [0.29, 0.717) is 54.2 Å². The summed E-state index contributed by atoms with van der Waals surface area (Å²) < 4.78 is 29.5. The first-order chi connectivity index (χ1) is 15.5. The molecule has 1 saturated heterocycles. The Morgan fingerprint density at radius 2 is 2.12 bits per heavy atom. The first-order valence-electron chi connectivity index (χ1n) is 10.6. The lowest BCUT2D eigenvalue weighted by Crippen LogP contribution is -2.26. The van der Waals surface area contributed by atoms with E-state index in [0.717, 1.165) is 6.92 Å². The molecule has 0 spiro atoms. The molecule has 11 heteroatoms. The minimum atomic E-state index is -3.22. The molecular formula is C22H24F2N8O. The van der Waals surface area contributed by atoms with E-state index in [1.165, 1.54) is 11.6 Å². The molecule has 0 bridgehead atoms. The zero-order chi connectivity index (χ0) is 24.0. The number of fused-ring (bicyclic) bond motifs is 1. The van der Waals surface area contributed by atoms with Crippen LogP contribution in [0.1, 0.15) is 45.1 Å². The minimum Gasteiger partial charge on any atom is -0.353 e. The van der Waals surface area contributed by atoms with Gasteiger partial charge in [0.05, 0.1) is 22.4 Å². The molecule has 1 N–H and O–H groups in total. The van der Waals surface area contributed by atoms with Crippen LogP contribution >= 0.6 is 0 Å². The topological polar surface area (TPSA) is 113 Å². The fourth-order valence-electron chi connectivity index (χ4n) is 4.02. The Hall–Kier alpha value is -3.68. The highest BCUT2D eigenvalue weighted by molar-refractivity contribution is 5.95. The summed E-state index contributed by atoms with van der Waals surface area (Å²) in [6.07, 6.45) is 3.00. The second-order valence-corrected chi connectivity index (χ2v) is 8.50. The van der Waals surface area contributed by atoms with Crippen LogP contribution in [-0.2, 0) is 10.7 Å². The lowest BCUT2D eigenvalue weighted by molar-refractivity contribution is -0.114. The molecule has 0 radical (unpaired) electrons. The number of nitriles is 1. The molecule has 33 heavy (non-hydrogen) atoms. The lowest BCUT2D eigenvalue weighted by atomic mass is 9.86. The second-order valence-electron chi connectivity index (χ2n) is 8.50. The number of aryl methyl sites for hydroxylation is 1. The quantitative estimate of drug-likeness (QED) is 0.625. The molecular weight excluding hydrogens is 430 g/mol. The van der Waals surface area contributed by atoms with Gasteiger partial charge in [0.1, 0.15) is 5.82 Å². The average Bonchev–Trinajstić information content (AvgIpc) is 3.34. The van der Waals surface area contributed by atoms with Crippen molar-refractivity contribution in [2.75, 3.05) is 23.3 Å². The Morgan fingerprint density at radius 1 is 1.36 bits per heavy atom. The third-order valence-corrected chi connectivity index (χ3v) is 5.87. The van der Waals surface area contributed by atoms with Crippen LogP contribution in [-0.4, -0.2) is 43.7 Å². The summed E-state index contributed by atoms with van der Waals surface area (Å²) >= 11 is 0. The molecule has 1 aliphatic rings. The van der Waals surface area contributed by atoms with Crippen LogP contribution in [0.15, 0.2) is 18.3 Å². The Balaban J connectivity index is 1.90. The van der Waals surface area contributed by atoms with Gasteiger partial charge in [0.2, 0.25) is 11.7 Å². The summed E-state index contributed by atoms with van der Waals surface area (Å²) in [5.41, 5.74) is 0.439. The largest absolute Gasteiger partial charge is 0.353 e. The molecule has 4 heterocycles. The van der Waals surface area contributed by atoms with Gasteiger partial charge >= 0.3 is 5.92 Å². The number of nitrogens with zero attached hydrogens (tertiary/aromatic N) is 7. The Kier molecular flexibility index (Phi) is 5.47. The van der Waals surface area contributed by atoms with Crippen LogP contribution in [0.25, 0.3) is 16.7 Å². The molecule has 1 atom stereocenters. The van der Waals surface area contributed by atoms with Crippen LogP contribution in [0.4, 0.5) is 20.4 Å². The smallest absolute Gasteiger partial charge is 0.303 e. The SMILES string of the molecule is CCC1(C#N)CCN(c2nn(-c3cc(C)nc(C(C)(F)F)n3)c3cc(NC(C)=O)ncc23)C1. The van der Waals surface area contributed by atoms with E-state index >= 15 is 0 Å². The van der Waals surface area contributed by atoms with Gasteiger partial charge in [0.15, 0.2) is 11.6 Å². The lowest BCUT2D eigenvalue weighted by Gasteiger charge is -2.20. The normalized spacial score (nSPS) is 18.5. The van der Waals surface area contributed by atoms with E-state index in [1.807, 2.05) is 11.8 Å². The van der Waals surface area contributed by atoms with Crippen molar-refractivity contribution >= 4 is 28.4 Å². The summed E-state index contributed by atoms with van der Waals surface area (Å²) in [6, 6.07) is 5.63. The molecule has 1 fully saturated rings. The summed E-state index contributed by atoms with van der Waals surface area (Å²) in [5.74, 6) is -3.06. The summed E-state index contributed by atoms with van der Waals surface area (Å²) in [5, 5.41) is 17.7. The van der Waals surface area contributed by atoms with Gasteiger partial charge in [-0.1, -0.05) is 6.92 Å². The predicted molar refractivity (Wildman–Crippen MR) is 118 cm³/mol. The highest BCUT2D eigenvalue weighted by Crippen LogP contribution is 2.38. The van der Waals surface area contributed by atoms with E-state index in [4.69, 9.17) is 5.10 Å². The van der Waals surface area contributed by atoms with Crippen LogP contribution in [0, 0.1) is 23.7 Å². The first-order valence-corrected chi connectivity index (χ1v) is 10.6. The van der Waals surface area contributed by atoms with Gasteiger partial charge in [-0.2, -0.15) is 14.0 Å². The molecule has 0 aromatic carbocycles. The second kappa shape index (κ2) is 8.03. The van der Waals surface area contributed by atoms with Crippen molar-refractivity contribution in [1.82, 2.24) is 24.7 Å². The van der Waals surface area contributed by atoms with Crippen molar-refractivity contribution in [3.63, 3.8) is 0 Å². The number of halogens is 2. The molecule has 4 rings (SSSR count). The summed E-state index contributed by atoms with van der Waals surface area (Å²) in [6.45, 7) is 6.84. The van der Waals surface area contributed by atoms with Gasteiger partial charge in [-0.15, -0.1) is 5.10 Å². The average molecular weight is 454 g/mol. The summed E-state index contributed by atoms with van der Waals surface area (Å²) in [4.78, 5) is 25.8. The number of carbonyl (C=O) groups is 1.